The summed E-state index contributed by atoms with van der Waals surface area (Å²) in [6, 6.07) is 3.38. The maximum Gasteiger partial charge on any atom is 0.311 e. The van der Waals surface area contributed by atoms with Crippen LogP contribution in [-0.2, 0) is 14.3 Å². The molecule has 1 aromatic heterocycles. The van der Waals surface area contributed by atoms with Crippen LogP contribution in [0.15, 0.2) is 24.5 Å². The molecule has 1 aliphatic heterocycles. The van der Waals surface area contributed by atoms with Crippen LogP contribution in [-0.4, -0.2) is 35.9 Å². The van der Waals surface area contributed by atoms with Crippen molar-refractivity contribution in [3.63, 3.8) is 0 Å². The van der Waals surface area contributed by atoms with Crippen molar-refractivity contribution in [2.24, 2.45) is 5.92 Å². The van der Waals surface area contributed by atoms with Gasteiger partial charge in [-0.15, -0.1) is 0 Å². The lowest BCUT2D eigenvalue weighted by Gasteiger charge is -2.23. The average Bonchev–Trinajstić information content (AvgIpc) is 2.66. The number of esters is 1. The molecule has 0 spiro atoms. The molecule has 1 saturated heterocycles. The summed E-state index contributed by atoms with van der Waals surface area (Å²) < 4.78 is 4.74. The lowest BCUT2D eigenvalue weighted by Crippen LogP contribution is -2.27. The van der Waals surface area contributed by atoms with Gasteiger partial charge in [0.25, 0.3) is 0 Å². The molecule has 0 bridgehead atoms. The first kappa shape index (κ1) is 11.6. The first-order chi connectivity index (χ1) is 8.15. The summed E-state index contributed by atoms with van der Waals surface area (Å²) in [5, 5.41) is 0. The second kappa shape index (κ2) is 4.53. The Morgan fingerprint density at radius 2 is 2.35 bits per heavy atom. The number of carbonyl (C=O) groups is 2. The van der Waals surface area contributed by atoms with Crippen molar-refractivity contribution < 1.29 is 14.3 Å². The van der Waals surface area contributed by atoms with Gasteiger partial charge in [-0.05, 0) is 11.6 Å². The van der Waals surface area contributed by atoms with E-state index < -0.39 is 5.92 Å². The molecule has 2 rings (SSSR count). The van der Waals surface area contributed by atoms with Gasteiger partial charge in [0.2, 0.25) is 5.91 Å². The van der Waals surface area contributed by atoms with Gasteiger partial charge >= 0.3 is 5.97 Å². The molecule has 0 radical (unpaired) electrons. The molecule has 2 heterocycles. The topological polar surface area (TPSA) is 59.5 Å². The Morgan fingerprint density at radius 1 is 1.59 bits per heavy atom. The van der Waals surface area contributed by atoms with E-state index in [1.807, 2.05) is 6.07 Å². The monoisotopic (exact) mass is 234 g/mol. The van der Waals surface area contributed by atoms with Crippen molar-refractivity contribution >= 4 is 11.9 Å². The van der Waals surface area contributed by atoms with Gasteiger partial charge in [0.05, 0.1) is 19.1 Å². The van der Waals surface area contributed by atoms with Crippen molar-refractivity contribution in [3.8, 4) is 0 Å². The fourth-order valence-corrected chi connectivity index (χ4v) is 2.24. The van der Waals surface area contributed by atoms with E-state index in [-0.39, 0.29) is 24.3 Å². The zero-order chi connectivity index (χ0) is 12.4. The van der Waals surface area contributed by atoms with Gasteiger partial charge in [-0.3, -0.25) is 14.6 Å². The third kappa shape index (κ3) is 2.00. The zero-order valence-corrected chi connectivity index (χ0v) is 9.79. The highest BCUT2D eigenvalue weighted by Gasteiger charge is 2.43. The van der Waals surface area contributed by atoms with Crippen molar-refractivity contribution in [2.75, 3.05) is 14.2 Å². The molecule has 0 unspecified atom stereocenters. The number of hydrogen-bond donors (Lipinski definition) is 0. The molecule has 1 fully saturated rings. The maximum absolute atomic E-state index is 11.7. The summed E-state index contributed by atoms with van der Waals surface area (Å²) in [6.45, 7) is 0. The Bertz CT molecular complexity index is 433. The fraction of sp³-hybridized carbons (Fsp3) is 0.417. The molecular formula is C12H14N2O3. The van der Waals surface area contributed by atoms with Crippen LogP contribution in [0, 0.1) is 5.92 Å². The third-order valence-corrected chi connectivity index (χ3v) is 3.12. The average molecular weight is 234 g/mol. The van der Waals surface area contributed by atoms with Gasteiger partial charge < -0.3 is 9.64 Å². The van der Waals surface area contributed by atoms with Crippen molar-refractivity contribution in [2.45, 2.75) is 12.5 Å². The minimum atomic E-state index is -0.443. The zero-order valence-electron chi connectivity index (χ0n) is 9.79. The molecule has 0 N–H and O–H groups in total. The van der Waals surface area contributed by atoms with E-state index in [4.69, 9.17) is 4.74 Å². The van der Waals surface area contributed by atoms with Gasteiger partial charge in [-0.1, -0.05) is 6.07 Å². The normalized spacial score (nSPS) is 23.9. The Kier molecular flexibility index (Phi) is 3.08. The van der Waals surface area contributed by atoms with Gasteiger partial charge in [0, 0.05) is 25.9 Å². The van der Waals surface area contributed by atoms with E-state index in [2.05, 4.69) is 4.98 Å². The number of hydrogen-bond acceptors (Lipinski definition) is 4. The minimum Gasteiger partial charge on any atom is -0.469 e. The van der Waals surface area contributed by atoms with E-state index in [1.54, 1.807) is 30.4 Å². The highest BCUT2D eigenvalue weighted by molar-refractivity contribution is 5.87. The Hall–Kier alpha value is -1.91. The van der Waals surface area contributed by atoms with Crippen LogP contribution < -0.4 is 0 Å². The smallest absolute Gasteiger partial charge is 0.311 e. The molecule has 5 heteroatoms. The van der Waals surface area contributed by atoms with Gasteiger partial charge in [0.15, 0.2) is 0 Å². The molecule has 0 aliphatic carbocycles. The van der Waals surface area contributed by atoms with Crippen LogP contribution in [0.1, 0.15) is 18.0 Å². The largest absolute Gasteiger partial charge is 0.469 e. The van der Waals surface area contributed by atoms with Crippen LogP contribution in [0.4, 0.5) is 0 Å². The van der Waals surface area contributed by atoms with Crippen LogP contribution in [0.25, 0.3) is 0 Å². The van der Waals surface area contributed by atoms with Crippen LogP contribution >= 0.6 is 0 Å². The lowest BCUT2D eigenvalue weighted by molar-refractivity contribution is -0.146. The first-order valence-electron chi connectivity index (χ1n) is 5.38. The van der Waals surface area contributed by atoms with E-state index >= 15 is 0 Å². The summed E-state index contributed by atoms with van der Waals surface area (Å²) in [6.07, 6.45) is 3.53. The molecule has 1 aliphatic rings. The molecule has 17 heavy (non-hydrogen) atoms. The maximum atomic E-state index is 11.7. The number of rotatable bonds is 2. The summed E-state index contributed by atoms with van der Waals surface area (Å²) in [5.41, 5.74) is 0.858. The molecule has 90 valence electrons. The third-order valence-electron chi connectivity index (χ3n) is 3.12. The molecule has 0 saturated carbocycles. The highest BCUT2D eigenvalue weighted by Crippen LogP contribution is 2.37. The number of likely N-dealkylation sites (tertiary alicyclic amines) is 1. The second-order valence-electron chi connectivity index (χ2n) is 4.07. The minimum absolute atomic E-state index is 0.0470. The highest BCUT2D eigenvalue weighted by atomic mass is 16.5. The first-order valence-corrected chi connectivity index (χ1v) is 5.38. The number of pyridine rings is 1. The standard InChI is InChI=1S/C12H14N2O3/c1-14-10(15)6-9(12(16)17-2)11(14)8-4-3-5-13-7-8/h3-5,7,9,11H,6H2,1-2H3/t9-,11+/m1/s1. The van der Waals surface area contributed by atoms with Crippen LogP contribution in [0.2, 0.25) is 0 Å². The predicted octanol–water partition coefficient (Wildman–Crippen LogP) is 0.774. The van der Waals surface area contributed by atoms with E-state index in [9.17, 15) is 9.59 Å². The number of nitrogens with zero attached hydrogens (tertiary/aromatic N) is 2. The number of carbonyl (C=O) groups excluding carboxylic acids is 2. The number of aromatic nitrogens is 1. The van der Waals surface area contributed by atoms with E-state index in [0.717, 1.165) is 5.56 Å². The SMILES string of the molecule is COC(=O)[C@@H]1CC(=O)N(C)[C@H]1c1cccnc1. The lowest BCUT2D eigenvalue weighted by atomic mass is 9.95. The molecule has 0 aromatic carbocycles. The molecular weight excluding hydrogens is 220 g/mol. The fourth-order valence-electron chi connectivity index (χ4n) is 2.24. The Labute approximate surface area is 99.4 Å². The Morgan fingerprint density at radius 3 is 2.94 bits per heavy atom. The molecule has 1 aromatic rings. The summed E-state index contributed by atoms with van der Waals surface area (Å²) in [4.78, 5) is 29.0. The number of ether oxygens (including phenoxy) is 1. The second-order valence-corrected chi connectivity index (χ2v) is 4.07. The van der Waals surface area contributed by atoms with Gasteiger partial charge in [0.1, 0.15) is 0 Å². The van der Waals surface area contributed by atoms with Crippen LogP contribution in [0.5, 0.6) is 0 Å². The molecule has 5 nitrogen and oxygen atoms in total. The Balaban J connectivity index is 2.34. The van der Waals surface area contributed by atoms with E-state index in [1.165, 1.54) is 7.11 Å². The van der Waals surface area contributed by atoms with Gasteiger partial charge in [-0.25, -0.2) is 0 Å². The summed E-state index contributed by atoms with van der Waals surface area (Å²) in [7, 11) is 3.04. The predicted molar refractivity (Wildman–Crippen MR) is 59.9 cm³/mol. The molecule has 1 amide bonds. The quantitative estimate of drug-likeness (QED) is 0.709. The van der Waals surface area contributed by atoms with Crippen LogP contribution in [0.3, 0.4) is 0 Å². The van der Waals surface area contributed by atoms with E-state index in [0.29, 0.717) is 0 Å². The summed E-state index contributed by atoms with van der Waals surface area (Å²) >= 11 is 0. The van der Waals surface area contributed by atoms with Crippen molar-refractivity contribution in [1.29, 1.82) is 0 Å². The summed E-state index contributed by atoms with van der Waals surface area (Å²) in [5.74, 6) is -0.840. The van der Waals surface area contributed by atoms with Crippen molar-refractivity contribution in [3.05, 3.63) is 30.1 Å². The van der Waals surface area contributed by atoms with Gasteiger partial charge in [-0.2, -0.15) is 0 Å². The van der Waals surface area contributed by atoms with Crippen molar-refractivity contribution in [1.82, 2.24) is 9.88 Å². The molecule has 2 atom stereocenters. The number of methoxy groups -OCH3 is 1. The number of amides is 1.